The van der Waals surface area contributed by atoms with E-state index >= 15 is 0 Å². The van der Waals surface area contributed by atoms with Gasteiger partial charge in [0.1, 0.15) is 4.90 Å². The summed E-state index contributed by atoms with van der Waals surface area (Å²) in [6, 6.07) is 16.9. The van der Waals surface area contributed by atoms with E-state index in [1.54, 1.807) is 55.5 Å². The van der Waals surface area contributed by atoms with E-state index in [4.69, 9.17) is 15.4 Å². The fraction of sp³-hybridized carbons (Fsp3) is 0.0556. The number of hydrogen-bond donors (Lipinski definition) is 3. The Balaban J connectivity index is 0.000000196. The summed E-state index contributed by atoms with van der Waals surface area (Å²) in [6.07, 6.45) is 0. The minimum absolute atomic E-state index is 0.0520. The monoisotopic (exact) mass is 359 g/mol. The number of carboxylic acid groups (broad SMARTS) is 1. The van der Waals surface area contributed by atoms with Gasteiger partial charge in [-0.2, -0.15) is 8.42 Å². The van der Waals surface area contributed by atoms with Crippen LogP contribution in [0.15, 0.2) is 65.6 Å². The number of benzene rings is 3. The van der Waals surface area contributed by atoms with Crippen LogP contribution in [-0.4, -0.2) is 24.0 Å². The molecule has 3 rings (SSSR count). The Morgan fingerprint density at radius 1 is 0.960 bits per heavy atom. The Bertz CT molecular complexity index is 1030. The maximum absolute atomic E-state index is 11.1. The van der Waals surface area contributed by atoms with Crippen molar-refractivity contribution in [3.05, 3.63) is 71.8 Å². The summed E-state index contributed by atoms with van der Waals surface area (Å²) in [5, 5.41) is 9.72. The second kappa shape index (κ2) is 7.33. The Kier molecular flexibility index (Phi) is 5.41. The summed E-state index contributed by atoms with van der Waals surface area (Å²) in [4.78, 5) is 10.2. The van der Waals surface area contributed by atoms with Gasteiger partial charge in [0.25, 0.3) is 10.1 Å². The molecule has 0 aromatic heterocycles. The molecular weight excluding hydrogens is 342 g/mol. The van der Waals surface area contributed by atoms with Gasteiger partial charge in [-0.25, -0.2) is 4.79 Å². The standard InChI is InChI=1S/C10H9NO3S.C8H8O2/c11-9-6-5-7-3-1-2-4-8(7)10(9)15(12,13)14;1-6-4-2-3-5-7(6)8(9)10/h1-6H,11H2,(H,12,13,14);2-5H,1H3,(H,9,10). The topological polar surface area (TPSA) is 118 Å². The summed E-state index contributed by atoms with van der Waals surface area (Å²) < 4.78 is 31.3. The summed E-state index contributed by atoms with van der Waals surface area (Å²) >= 11 is 0. The van der Waals surface area contributed by atoms with Crippen molar-refractivity contribution >= 4 is 32.5 Å². The van der Waals surface area contributed by atoms with Gasteiger partial charge < -0.3 is 10.8 Å². The van der Waals surface area contributed by atoms with Crippen molar-refractivity contribution in [3.63, 3.8) is 0 Å². The molecule has 0 spiro atoms. The first-order chi connectivity index (χ1) is 11.7. The van der Waals surface area contributed by atoms with E-state index in [-0.39, 0.29) is 10.6 Å². The van der Waals surface area contributed by atoms with Crippen molar-refractivity contribution in [2.24, 2.45) is 0 Å². The summed E-state index contributed by atoms with van der Waals surface area (Å²) in [5.74, 6) is -0.863. The van der Waals surface area contributed by atoms with E-state index in [0.717, 1.165) is 10.9 Å². The third-order valence-corrected chi connectivity index (χ3v) is 4.52. The van der Waals surface area contributed by atoms with Crippen LogP contribution in [0.3, 0.4) is 0 Å². The van der Waals surface area contributed by atoms with E-state index in [0.29, 0.717) is 10.9 Å². The number of aryl methyl sites for hydroxylation is 1. The lowest BCUT2D eigenvalue weighted by Crippen LogP contribution is -2.03. The smallest absolute Gasteiger partial charge is 0.335 e. The SMILES string of the molecule is Cc1ccccc1C(=O)O.Nc1ccc2ccccc2c1S(=O)(=O)O. The molecule has 3 aromatic carbocycles. The van der Waals surface area contributed by atoms with Crippen LogP contribution in [0.1, 0.15) is 15.9 Å². The summed E-state index contributed by atoms with van der Waals surface area (Å²) in [7, 11) is -4.29. The lowest BCUT2D eigenvalue weighted by molar-refractivity contribution is 0.0696. The normalized spacial score (nSPS) is 10.8. The molecule has 0 saturated carbocycles. The van der Waals surface area contributed by atoms with Crippen LogP contribution in [0.5, 0.6) is 0 Å². The van der Waals surface area contributed by atoms with Gasteiger partial charge in [0.05, 0.1) is 11.3 Å². The highest BCUT2D eigenvalue weighted by Gasteiger charge is 2.17. The molecule has 0 atom stereocenters. The summed E-state index contributed by atoms with van der Waals surface area (Å²) in [6.45, 7) is 1.78. The van der Waals surface area contributed by atoms with Crippen molar-refractivity contribution in [2.75, 3.05) is 5.73 Å². The number of nitrogen functional groups attached to an aromatic ring is 1. The van der Waals surface area contributed by atoms with Crippen molar-refractivity contribution in [1.82, 2.24) is 0 Å². The minimum Gasteiger partial charge on any atom is -0.478 e. The maximum atomic E-state index is 11.1. The number of carboxylic acids is 1. The molecule has 0 fully saturated rings. The fourth-order valence-electron chi connectivity index (χ4n) is 2.36. The molecule has 6 nitrogen and oxygen atoms in total. The quantitative estimate of drug-likeness (QED) is 0.477. The van der Waals surface area contributed by atoms with Crippen LogP contribution in [0.4, 0.5) is 5.69 Å². The van der Waals surface area contributed by atoms with Gasteiger partial charge in [-0.1, -0.05) is 48.5 Å². The van der Waals surface area contributed by atoms with Crippen LogP contribution >= 0.6 is 0 Å². The molecular formula is C18H17NO5S. The highest BCUT2D eigenvalue weighted by atomic mass is 32.2. The average molecular weight is 359 g/mol. The third kappa shape index (κ3) is 4.34. The van der Waals surface area contributed by atoms with Crippen LogP contribution in [0.2, 0.25) is 0 Å². The molecule has 0 saturated heterocycles. The molecule has 0 radical (unpaired) electrons. The number of anilines is 1. The molecule has 3 aromatic rings. The zero-order valence-electron chi connectivity index (χ0n) is 13.4. The number of nitrogens with two attached hydrogens (primary N) is 1. The lowest BCUT2D eigenvalue weighted by atomic mass is 10.1. The molecule has 4 N–H and O–H groups in total. The molecule has 0 heterocycles. The fourth-order valence-corrected chi connectivity index (χ4v) is 3.19. The molecule has 25 heavy (non-hydrogen) atoms. The second-order valence-corrected chi connectivity index (χ2v) is 6.66. The van der Waals surface area contributed by atoms with Gasteiger partial charge in [0.2, 0.25) is 0 Å². The molecule has 0 bridgehead atoms. The van der Waals surface area contributed by atoms with Gasteiger partial charge in [-0.15, -0.1) is 0 Å². The first-order valence-corrected chi connectivity index (χ1v) is 8.69. The van der Waals surface area contributed by atoms with Crippen molar-refractivity contribution in [1.29, 1.82) is 0 Å². The van der Waals surface area contributed by atoms with Crippen molar-refractivity contribution < 1.29 is 22.9 Å². The first-order valence-electron chi connectivity index (χ1n) is 7.25. The van der Waals surface area contributed by atoms with Crippen molar-refractivity contribution in [2.45, 2.75) is 11.8 Å². The molecule has 0 amide bonds. The largest absolute Gasteiger partial charge is 0.478 e. The molecule has 0 aliphatic rings. The van der Waals surface area contributed by atoms with E-state index in [1.165, 1.54) is 6.07 Å². The second-order valence-electron chi connectivity index (χ2n) is 5.30. The Hall–Kier alpha value is -2.90. The van der Waals surface area contributed by atoms with E-state index in [9.17, 15) is 13.2 Å². The zero-order valence-corrected chi connectivity index (χ0v) is 14.2. The lowest BCUT2D eigenvalue weighted by Gasteiger charge is -2.06. The molecule has 130 valence electrons. The predicted molar refractivity (Wildman–Crippen MR) is 96.3 cm³/mol. The van der Waals surface area contributed by atoms with Gasteiger partial charge in [0.15, 0.2) is 0 Å². The van der Waals surface area contributed by atoms with E-state index in [2.05, 4.69) is 0 Å². The number of fused-ring (bicyclic) bond motifs is 1. The van der Waals surface area contributed by atoms with Crippen LogP contribution in [0, 0.1) is 6.92 Å². The molecule has 0 aliphatic heterocycles. The zero-order chi connectivity index (χ0) is 18.6. The average Bonchev–Trinajstić information content (AvgIpc) is 2.54. The van der Waals surface area contributed by atoms with Gasteiger partial charge in [-0.3, -0.25) is 4.55 Å². The number of carbonyl (C=O) groups is 1. The van der Waals surface area contributed by atoms with Gasteiger partial charge in [-0.05, 0) is 30.0 Å². The van der Waals surface area contributed by atoms with Crippen molar-refractivity contribution in [3.8, 4) is 0 Å². The van der Waals surface area contributed by atoms with Gasteiger partial charge in [0, 0.05) is 5.39 Å². The predicted octanol–water partition coefficient (Wildman–Crippen LogP) is 3.36. The number of rotatable bonds is 2. The number of hydrogen-bond acceptors (Lipinski definition) is 4. The van der Waals surface area contributed by atoms with Crippen LogP contribution < -0.4 is 5.73 Å². The number of aromatic carboxylic acids is 1. The first kappa shape index (κ1) is 18.4. The van der Waals surface area contributed by atoms with E-state index < -0.39 is 16.1 Å². The highest BCUT2D eigenvalue weighted by molar-refractivity contribution is 7.86. The highest BCUT2D eigenvalue weighted by Crippen LogP contribution is 2.28. The van der Waals surface area contributed by atoms with Crippen LogP contribution in [-0.2, 0) is 10.1 Å². The Morgan fingerprint density at radius 3 is 2.12 bits per heavy atom. The molecule has 7 heteroatoms. The molecule has 0 aliphatic carbocycles. The Morgan fingerprint density at radius 2 is 1.56 bits per heavy atom. The maximum Gasteiger partial charge on any atom is 0.335 e. The molecule has 0 unspecified atom stereocenters. The van der Waals surface area contributed by atoms with Gasteiger partial charge >= 0.3 is 5.97 Å². The summed E-state index contributed by atoms with van der Waals surface area (Å²) in [5.41, 5.74) is 6.76. The Labute approximate surface area is 145 Å². The minimum atomic E-state index is -4.29. The van der Waals surface area contributed by atoms with E-state index in [1.807, 2.05) is 6.07 Å². The third-order valence-electron chi connectivity index (χ3n) is 3.54. The van der Waals surface area contributed by atoms with Crippen LogP contribution in [0.25, 0.3) is 10.8 Å².